The summed E-state index contributed by atoms with van der Waals surface area (Å²) in [6, 6.07) is 22.4. The van der Waals surface area contributed by atoms with Crippen LogP contribution in [0.2, 0.25) is 5.02 Å². The molecule has 1 aliphatic rings. The summed E-state index contributed by atoms with van der Waals surface area (Å²) in [6.45, 7) is 3.69. The Morgan fingerprint density at radius 1 is 1.00 bits per heavy atom. The number of para-hydroxylation sites is 1. The summed E-state index contributed by atoms with van der Waals surface area (Å²) in [4.78, 5) is 26.1. The van der Waals surface area contributed by atoms with Crippen LogP contribution in [0.25, 0.3) is 22.5 Å². The maximum Gasteiger partial charge on any atom is 0.419 e. The number of ether oxygens (including phenoxy) is 1. The minimum absolute atomic E-state index is 0.195. The lowest BCUT2D eigenvalue weighted by molar-refractivity contribution is -0.140. The lowest BCUT2D eigenvalue weighted by atomic mass is 9.93. The van der Waals surface area contributed by atoms with Gasteiger partial charge in [0.1, 0.15) is 11.4 Å². The molecule has 1 N–H and O–H groups in total. The van der Waals surface area contributed by atoms with Gasteiger partial charge in [-0.05, 0) is 55.5 Å². The summed E-state index contributed by atoms with van der Waals surface area (Å²) in [5, 5.41) is 14.1. The Morgan fingerprint density at radius 2 is 1.59 bits per heavy atom. The molecule has 5 rings (SSSR count). The van der Waals surface area contributed by atoms with Gasteiger partial charge in [0.25, 0.3) is 0 Å². The molecule has 1 aromatic heterocycles. The first kappa shape index (κ1) is 24.6. The van der Waals surface area contributed by atoms with Gasteiger partial charge in [-0.2, -0.15) is 0 Å². The summed E-state index contributed by atoms with van der Waals surface area (Å²) >= 11 is 6.45. The van der Waals surface area contributed by atoms with E-state index in [0.29, 0.717) is 40.7 Å². The number of halogens is 1. The number of amides is 1. The number of hydrogen-bond donors (Lipinski definition) is 1. The Hall–Kier alpha value is -4.10. The molecule has 4 aromatic rings. The van der Waals surface area contributed by atoms with Gasteiger partial charge in [-0.3, -0.25) is 4.79 Å². The highest BCUT2D eigenvalue weighted by Gasteiger charge is 2.51. The lowest BCUT2D eigenvalue weighted by Crippen LogP contribution is -2.27. The second-order valence-electron chi connectivity index (χ2n) is 8.97. The van der Waals surface area contributed by atoms with Crippen molar-refractivity contribution in [2.24, 2.45) is 0 Å². The van der Waals surface area contributed by atoms with Crippen LogP contribution >= 0.6 is 11.6 Å². The van der Waals surface area contributed by atoms with Crippen molar-refractivity contribution in [1.29, 1.82) is 0 Å². The summed E-state index contributed by atoms with van der Waals surface area (Å²) < 4.78 is 11.0. The molecule has 0 radical (unpaired) electrons. The van der Waals surface area contributed by atoms with E-state index in [0.717, 1.165) is 22.3 Å². The quantitative estimate of drug-likeness (QED) is 0.275. The van der Waals surface area contributed by atoms with Gasteiger partial charge in [-0.25, -0.2) is 9.69 Å². The molecular formula is C29H25ClN2O5. The van der Waals surface area contributed by atoms with Gasteiger partial charge in [0.2, 0.25) is 0 Å². The molecule has 1 aliphatic carbocycles. The SMILES string of the molecule is CCOC(=O)N(c1ccccc1Cl)c1c(C)noc1-c1ccc(-c2ccc(C3(C(=O)O)CC3)cc2)cc1. The smallest absolute Gasteiger partial charge is 0.419 e. The summed E-state index contributed by atoms with van der Waals surface area (Å²) in [5.41, 5.74) is 4.18. The highest BCUT2D eigenvalue weighted by Crippen LogP contribution is 2.48. The van der Waals surface area contributed by atoms with Crippen LogP contribution in [0.5, 0.6) is 0 Å². The van der Waals surface area contributed by atoms with E-state index in [1.165, 1.54) is 4.90 Å². The van der Waals surface area contributed by atoms with E-state index in [4.69, 9.17) is 20.9 Å². The molecule has 0 aliphatic heterocycles. The molecule has 188 valence electrons. The predicted octanol–water partition coefficient (Wildman–Crippen LogP) is 7.38. The second-order valence-corrected chi connectivity index (χ2v) is 9.38. The minimum atomic E-state index is -0.767. The number of anilines is 2. The largest absolute Gasteiger partial charge is 0.481 e. The average Bonchev–Trinajstić information content (AvgIpc) is 3.64. The van der Waals surface area contributed by atoms with Gasteiger partial charge >= 0.3 is 12.1 Å². The van der Waals surface area contributed by atoms with Gasteiger partial charge < -0.3 is 14.4 Å². The number of rotatable bonds is 7. The number of carbonyl (C=O) groups is 2. The third-order valence-electron chi connectivity index (χ3n) is 6.68. The van der Waals surface area contributed by atoms with Crippen LogP contribution < -0.4 is 4.90 Å². The number of hydrogen-bond acceptors (Lipinski definition) is 5. The molecule has 0 bridgehead atoms. The number of benzene rings is 3. The van der Waals surface area contributed by atoms with E-state index in [1.807, 2.05) is 48.5 Å². The van der Waals surface area contributed by atoms with Crippen molar-refractivity contribution in [3.8, 4) is 22.5 Å². The van der Waals surface area contributed by atoms with E-state index >= 15 is 0 Å². The van der Waals surface area contributed by atoms with Crippen molar-refractivity contribution in [3.05, 3.63) is 89.1 Å². The topological polar surface area (TPSA) is 92.9 Å². The van der Waals surface area contributed by atoms with Crippen molar-refractivity contribution < 1.29 is 24.0 Å². The molecule has 3 aromatic carbocycles. The van der Waals surface area contributed by atoms with Gasteiger partial charge in [-0.1, -0.05) is 77.4 Å². The first-order chi connectivity index (χ1) is 17.9. The van der Waals surface area contributed by atoms with Crippen LogP contribution in [-0.2, 0) is 14.9 Å². The Morgan fingerprint density at radius 3 is 2.16 bits per heavy atom. The van der Waals surface area contributed by atoms with Crippen molar-refractivity contribution >= 4 is 35.0 Å². The maximum atomic E-state index is 13.1. The zero-order valence-electron chi connectivity index (χ0n) is 20.4. The van der Waals surface area contributed by atoms with Crippen LogP contribution in [0.4, 0.5) is 16.2 Å². The normalized spacial score (nSPS) is 13.7. The molecule has 0 saturated heterocycles. The number of aliphatic carboxylic acids is 1. The van der Waals surface area contributed by atoms with Crippen molar-refractivity contribution in [1.82, 2.24) is 5.16 Å². The third kappa shape index (κ3) is 4.47. The fraction of sp³-hybridized carbons (Fsp3) is 0.207. The summed E-state index contributed by atoms with van der Waals surface area (Å²) in [6.07, 6.45) is 0.758. The number of aromatic nitrogens is 1. The Labute approximate surface area is 219 Å². The second kappa shape index (κ2) is 9.75. The summed E-state index contributed by atoms with van der Waals surface area (Å²) in [5.74, 6) is -0.360. The molecule has 1 heterocycles. The molecule has 0 unspecified atom stereocenters. The number of carboxylic acid groups (broad SMARTS) is 1. The van der Waals surface area contributed by atoms with Crippen LogP contribution in [0, 0.1) is 6.92 Å². The van der Waals surface area contributed by atoms with E-state index in [2.05, 4.69) is 5.16 Å². The molecule has 0 atom stereocenters. The molecule has 1 fully saturated rings. The van der Waals surface area contributed by atoms with Gasteiger partial charge in [-0.15, -0.1) is 0 Å². The Kier molecular flexibility index (Phi) is 6.48. The predicted molar refractivity (Wildman–Crippen MR) is 141 cm³/mol. The van der Waals surface area contributed by atoms with Crippen molar-refractivity contribution in [2.45, 2.75) is 32.1 Å². The van der Waals surface area contributed by atoms with Crippen molar-refractivity contribution in [3.63, 3.8) is 0 Å². The molecule has 1 saturated carbocycles. The Bertz CT molecular complexity index is 1460. The van der Waals surface area contributed by atoms with Crippen LogP contribution in [0.1, 0.15) is 31.0 Å². The zero-order chi connectivity index (χ0) is 26.2. The molecule has 37 heavy (non-hydrogen) atoms. The molecule has 0 spiro atoms. The lowest BCUT2D eigenvalue weighted by Gasteiger charge is -2.23. The maximum absolute atomic E-state index is 13.1. The average molecular weight is 517 g/mol. The van der Waals surface area contributed by atoms with Gasteiger partial charge in [0, 0.05) is 5.56 Å². The highest BCUT2D eigenvalue weighted by atomic mass is 35.5. The molecular weight excluding hydrogens is 492 g/mol. The molecule has 8 heteroatoms. The molecule has 1 amide bonds. The van der Waals surface area contributed by atoms with E-state index in [9.17, 15) is 14.7 Å². The minimum Gasteiger partial charge on any atom is -0.481 e. The first-order valence-corrected chi connectivity index (χ1v) is 12.4. The fourth-order valence-electron chi connectivity index (χ4n) is 4.50. The number of carboxylic acids is 1. The monoisotopic (exact) mass is 516 g/mol. The van der Waals surface area contributed by atoms with E-state index < -0.39 is 17.5 Å². The standard InChI is InChI=1S/C29H25ClN2O5/c1-3-36-28(35)32(24-7-5-4-6-23(24)30)25-18(2)31-37-26(25)21-10-8-19(9-11-21)20-12-14-22(15-13-20)29(16-17-29)27(33)34/h4-15H,3,16-17H2,1-2H3,(H,33,34). The number of nitrogens with zero attached hydrogens (tertiary/aromatic N) is 2. The summed E-state index contributed by atoms with van der Waals surface area (Å²) in [7, 11) is 0. The van der Waals surface area contributed by atoms with Gasteiger partial charge in [0.05, 0.1) is 22.7 Å². The molecule has 7 nitrogen and oxygen atoms in total. The van der Waals surface area contributed by atoms with Crippen LogP contribution in [0.15, 0.2) is 77.3 Å². The zero-order valence-corrected chi connectivity index (χ0v) is 21.2. The fourth-order valence-corrected chi connectivity index (χ4v) is 4.72. The van der Waals surface area contributed by atoms with Gasteiger partial charge in [0.15, 0.2) is 5.76 Å². The first-order valence-electron chi connectivity index (χ1n) is 12.0. The number of carbonyl (C=O) groups excluding carboxylic acids is 1. The third-order valence-corrected chi connectivity index (χ3v) is 7.00. The van der Waals surface area contributed by atoms with E-state index in [-0.39, 0.29) is 6.61 Å². The van der Waals surface area contributed by atoms with Crippen LogP contribution in [-0.4, -0.2) is 28.9 Å². The Balaban J connectivity index is 1.49. The highest BCUT2D eigenvalue weighted by molar-refractivity contribution is 6.34. The van der Waals surface area contributed by atoms with Crippen molar-refractivity contribution in [2.75, 3.05) is 11.5 Å². The van der Waals surface area contributed by atoms with E-state index in [1.54, 1.807) is 38.1 Å². The number of aryl methyl sites for hydroxylation is 1. The van der Waals surface area contributed by atoms with Crippen LogP contribution in [0.3, 0.4) is 0 Å².